The van der Waals surface area contributed by atoms with Crippen molar-refractivity contribution >= 4 is 14.6 Å². The van der Waals surface area contributed by atoms with Gasteiger partial charge in [0.2, 0.25) is 0 Å². The van der Waals surface area contributed by atoms with Gasteiger partial charge in [-0.05, 0) is 0 Å². The van der Waals surface area contributed by atoms with Crippen LogP contribution in [-0.4, -0.2) is 14.6 Å². The first-order valence-corrected chi connectivity index (χ1v) is 4.31. The van der Waals surface area contributed by atoms with Crippen LogP contribution in [0, 0.1) is 0 Å². The summed E-state index contributed by atoms with van der Waals surface area (Å²) < 4.78 is 0. The van der Waals surface area contributed by atoms with Gasteiger partial charge in [0.1, 0.15) is 6.71 Å². The van der Waals surface area contributed by atoms with Gasteiger partial charge in [-0.1, -0.05) is 45.5 Å². The largest absolute Gasteiger partial charge is 0.135 e. The van der Waals surface area contributed by atoms with E-state index in [2.05, 4.69) is 21.6 Å². The van der Waals surface area contributed by atoms with Gasteiger partial charge in [0, 0.05) is 0 Å². The van der Waals surface area contributed by atoms with Crippen LogP contribution >= 0.6 is 0 Å². The van der Waals surface area contributed by atoms with E-state index in [0.29, 0.717) is 0 Å². The van der Waals surface area contributed by atoms with Gasteiger partial charge in [0.05, 0.1) is 7.85 Å². The van der Waals surface area contributed by atoms with Gasteiger partial charge in [-0.25, -0.2) is 0 Å². The fourth-order valence-electron chi connectivity index (χ4n) is 1.19. The van der Waals surface area contributed by atoms with Crippen molar-refractivity contribution in [2.45, 2.75) is 45.5 Å². The van der Waals surface area contributed by atoms with Crippen LogP contribution in [0.4, 0.5) is 0 Å². The molecule has 0 aliphatic heterocycles. The molecular formula is C7H18B2. The predicted octanol–water partition coefficient (Wildman–Crippen LogP) is 1.96. The third-order valence-electron chi connectivity index (χ3n) is 1.83. The molecule has 0 N–H and O–H groups in total. The van der Waals surface area contributed by atoms with Crippen molar-refractivity contribution in [2.24, 2.45) is 0 Å². The second-order valence-electron chi connectivity index (χ2n) is 3.04. The smallest absolute Gasteiger partial charge is 0.0873 e. The molecule has 0 aromatic carbocycles. The maximum Gasteiger partial charge on any atom is 0.135 e. The average Bonchev–Trinajstić information content (AvgIpc) is 1.85. The summed E-state index contributed by atoms with van der Waals surface area (Å²) in [6.45, 7) is 5.59. The molecule has 0 aromatic rings. The zero-order chi connectivity index (χ0) is 7.11. The van der Waals surface area contributed by atoms with E-state index in [9.17, 15) is 0 Å². The molecule has 0 saturated heterocycles. The van der Waals surface area contributed by atoms with Crippen molar-refractivity contribution in [3.63, 3.8) is 0 Å². The molecule has 0 bridgehead atoms. The summed E-state index contributed by atoms with van der Waals surface area (Å²) >= 11 is 0. The summed E-state index contributed by atoms with van der Waals surface area (Å²) in [6, 6.07) is 0. The van der Waals surface area contributed by atoms with Crippen molar-refractivity contribution in [3.05, 3.63) is 0 Å². The lowest BCUT2D eigenvalue weighted by Crippen LogP contribution is -2.04. The Morgan fingerprint density at radius 2 is 2.00 bits per heavy atom. The van der Waals surface area contributed by atoms with Crippen LogP contribution in [0.5, 0.6) is 0 Å². The maximum absolute atomic E-state index is 2.36. The van der Waals surface area contributed by atoms with Crippen molar-refractivity contribution < 1.29 is 0 Å². The molecule has 52 valence electrons. The molecule has 0 aliphatic rings. The summed E-state index contributed by atoms with van der Waals surface area (Å²) in [7, 11) is 2.27. The van der Waals surface area contributed by atoms with E-state index < -0.39 is 0 Å². The molecular weight excluding hydrogens is 106 g/mol. The fraction of sp³-hybridized carbons (Fsp3) is 1.00. The highest BCUT2D eigenvalue weighted by molar-refractivity contribution is 6.57. The molecule has 0 nitrogen and oxygen atoms in total. The third-order valence-corrected chi connectivity index (χ3v) is 1.83. The minimum absolute atomic E-state index is 0.968. The molecule has 0 saturated carbocycles. The number of unbranched alkanes of at least 4 members (excludes halogenated alkanes) is 1. The molecule has 2 heteroatoms. The lowest BCUT2D eigenvalue weighted by molar-refractivity contribution is 0.872. The average molecular weight is 124 g/mol. The van der Waals surface area contributed by atoms with E-state index in [1.54, 1.807) is 0 Å². The second-order valence-corrected chi connectivity index (χ2v) is 3.04. The Labute approximate surface area is 60.9 Å². The van der Waals surface area contributed by atoms with Crippen LogP contribution < -0.4 is 0 Å². The van der Waals surface area contributed by atoms with E-state index in [4.69, 9.17) is 0 Å². The van der Waals surface area contributed by atoms with E-state index in [-0.39, 0.29) is 0 Å². The lowest BCUT2D eigenvalue weighted by atomic mass is 9.45. The Hall–Kier alpha value is 0.130. The van der Waals surface area contributed by atoms with E-state index in [1.807, 2.05) is 0 Å². The molecule has 0 atom stereocenters. The fourth-order valence-corrected chi connectivity index (χ4v) is 1.19. The number of hydrogen-bond donors (Lipinski definition) is 0. The van der Waals surface area contributed by atoms with Gasteiger partial charge in [-0.15, -0.1) is 0 Å². The Balaban J connectivity index is 2.95. The zero-order valence-electron chi connectivity index (χ0n) is 7.11. The Morgan fingerprint density at radius 1 is 1.33 bits per heavy atom. The molecule has 0 aliphatic carbocycles. The van der Waals surface area contributed by atoms with Crippen LogP contribution in [0.15, 0.2) is 0 Å². The molecule has 0 rings (SSSR count). The second kappa shape index (κ2) is 6.25. The van der Waals surface area contributed by atoms with Crippen LogP contribution in [0.3, 0.4) is 0 Å². The first-order valence-electron chi connectivity index (χ1n) is 4.31. The molecule has 9 heavy (non-hydrogen) atoms. The summed E-state index contributed by atoms with van der Waals surface area (Å²) in [4.78, 5) is 0. The number of hydrogen-bond acceptors (Lipinski definition) is 0. The van der Waals surface area contributed by atoms with Gasteiger partial charge in [-0.3, -0.25) is 0 Å². The van der Waals surface area contributed by atoms with Crippen molar-refractivity contribution in [1.29, 1.82) is 0 Å². The number of rotatable bonds is 5. The zero-order valence-corrected chi connectivity index (χ0v) is 7.11. The van der Waals surface area contributed by atoms with Crippen LogP contribution in [0.25, 0.3) is 0 Å². The van der Waals surface area contributed by atoms with Crippen LogP contribution in [0.1, 0.15) is 19.8 Å². The lowest BCUT2D eigenvalue weighted by Gasteiger charge is -2.02. The third kappa shape index (κ3) is 6.01. The molecule has 0 aromatic heterocycles. The van der Waals surface area contributed by atoms with Gasteiger partial charge >= 0.3 is 0 Å². The van der Waals surface area contributed by atoms with Gasteiger partial charge < -0.3 is 0 Å². The SMILES string of the molecule is BCCB(C)CCCC. The Bertz CT molecular complexity index is 54.9. The molecule has 0 fully saturated rings. The molecule has 0 heterocycles. The maximum atomic E-state index is 2.36. The van der Waals surface area contributed by atoms with Crippen molar-refractivity contribution in [1.82, 2.24) is 0 Å². The monoisotopic (exact) mass is 124 g/mol. The van der Waals surface area contributed by atoms with Crippen molar-refractivity contribution in [2.75, 3.05) is 0 Å². The molecule has 0 unspecified atom stereocenters. The minimum atomic E-state index is 0.968. The summed E-state index contributed by atoms with van der Waals surface area (Å²) in [5, 5.41) is 0. The normalized spacial score (nSPS) is 9.56. The summed E-state index contributed by atoms with van der Waals surface area (Å²) in [5.41, 5.74) is 0. The minimum Gasteiger partial charge on any atom is -0.0873 e. The van der Waals surface area contributed by atoms with E-state index in [0.717, 1.165) is 6.71 Å². The standard InChI is InChI=1S/C7H18B2/c1-3-4-6-9(2)7-5-8/h3-8H2,1-2H3. The first kappa shape index (κ1) is 9.13. The molecule has 0 spiro atoms. The predicted molar refractivity (Wildman–Crippen MR) is 49.5 cm³/mol. The quantitative estimate of drug-likeness (QED) is 0.491. The topological polar surface area (TPSA) is 0 Å². The summed E-state index contributed by atoms with van der Waals surface area (Å²) in [6.07, 6.45) is 6.98. The van der Waals surface area contributed by atoms with Gasteiger partial charge in [-0.2, -0.15) is 0 Å². The highest BCUT2D eigenvalue weighted by atomic mass is 13.8. The van der Waals surface area contributed by atoms with Crippen molar-refractivity contribution in [3.8, 4) is 0 Å². The molecule has 0 radical (unpaired) electrons. The van der Waals surface area contributed by atoms with Gasteiger partial charge in [0.15, 0.2) is 0 Å². The highest BCUT2D eigenvalue weighted by Gasteiger charge is 2.02. The van der Waals surface area contributed by atoms with Crippen LogP contribution in [0.2, 0.25) is 25.8 Å². The molecule has 0 amide bonds. The Morgan fingerprint density at radius 3 is 2.44 bits per heavy atom. The highest BCUT2D eigenvalue weighted by Crippen LogP contribution is 2.06. The van der Waals surface area contributed by atoms with E-state index >= 15 is 0 Å². The summed E-state index contributed by atoms with van der Waals surface area (Å²) in [5.74, 6) is 0. The first-order chi connectivity index (χ1) is 4.31. The van der Waals surface area contributed by atoms with Gasteiger partial charge in [0.25, 0.3) is 0 Å². The Kier molecular flexibility index (Phi) is 6.34. The van der Waals surface area contributed by atoms with Crippen LogP contribution in [-0.2, 0) is 0 Å². The van der Waals surface area contributed by atoms with E-state index in [1.165, 1.54) is 31.8 Å².